The Bertz CT molecular complexity index is 235. The maximum absolute atomic E-state index is 4.31. The summed E-state index contributed by atoms with van der Waals surface area (Å²) in [6.07, 6.45) is 3.15. The standard InChI is InChI=1S/C8H12N2S2/c1-6-2-3-9-8(12-6)7-10-4-5-11-7/h4-6,8-9H,2-3H2,1H3. The van der Waals surface area contributed by atoms with E-state index in [2.05, 4.69) is 17.2 Å². The van der Waals surface area contributed by atoms with Gasteiger partial charge in [-0.3, -0.25) is 5.32 Å². The fourth-order valence-electron chi connectivity index (χ4n) is 1.28. The Morgan fingerprint density at radius 2 is 2.58 bits per heavy atom. The van der Waals surface area contributed by atoms with Gasteiger partial charge in [-0.1, -0.05) is 6.92 Å². The molecule has 1 aromatic heterocycles. The van der Waals surface area contributed by atoms with E-state index in [-0.39, 0.29) is 0 Å². The number of nitrogens with one attached hydrogen (secondary N) is 1. The van der Waals surface area contributed by atoms with Gasteiger partial charge in [0.25, 0.3) is 0 Å². The number of aromatic nitrogens is 1. The van der Waals surface area contributed by atoms with Crippen molar-refractivity contribution in [3.05, 3.63) is 16.6 Å². The van der Waals surface area contributed by atoms with Crippen LogP contribution >= 0.6 is 23.1 Å². The largest absolute Gasteiger partial charge is 0.300 e. The number of hydrogen-bond acceptors (Lipinski definition) is 4. The van der Waals surface area contributed by atoms with Crippen LogP contribution in [0.2, 0.25) is 0 Å². The van der Waals surface area contributed by atoms with Crippen molar-refractivity contribution in [2.24, 2.45) is 0 Å². The highest BCUT2D eigenvalue weighted by Gasteiger charge is 2.21. The van der Waals surface area contributed by atoms with Crippen LogP contribution in [-0.4, -0.2) is 16.8 Å². The number of thiazole rings is 1. The highest BCUT2D eigenvalue weighted by atomic mass is 32.2. The number of thioether (sulfide) groups is 1. The third-order valence-electron chi connectivity index (χ3n) is 1.92. The molecule has 1 aliphatic heterocycles. The Labute approximate surface area is 80.8 Å². The lowest BCUT2D eigenvalue weighted by Crippen LogP contribution is -2.28. The summed E-state index contributed by atoms with van der Waals surface area (Å²) in [7, 11) is 0. The van der Waals surface area contributed by atoms with Gasteiger partial charge < -0.3 is 0 Å². The van der Waals surface area contributed by atoms with E-state index in [1.165, 1.54) is 11.4 Å². The molecular weight excluding hydrogens is 188 g/mol. The first-order valence-electron chi connectivity index (χ1n) is 4.14. The van der Waals surface area contributed by atoms with E-state index in [9.17, 15) is 0 Å². The van der Waals surface area contributed by atoms with Crippen LogP contribution in [0.1, 0.15) is 23.7 Å². The van der Waals surface area contributed by atoms with E-state index >= 15 is 0 Å². The van der Waals surface area contributed by atoms with Gasteiger partial charge in [0.15, 0.2) is 0 Å². The third kappa shape index (κ3) is 1.81. The van der Waals surface area contributed by atoms with E-state index in [0.717, 1.165) is 11.8 Å². The molecule has 2 unspecified atom stereocenters. The zero-order valence-electron chi connectivity index (χ0n) is 6.99. The molecule has 0 aromatic carbocycles. The Morgan fingerprint density at radius 3 is 3.25 bits per heavy atom. The zero-order valence-corrected chi connectivity index (χ0v) is 8.62. The molecule has 1 fully saturated rings. The van der Waals surface area contributed by atoms with Crippen LogP contribution in [-0.2, 0) is 0 Å². The van der Waals surface area contributed by atoms with Crippen LogP contribution < -0.4 is 5.32 Å². The van der Waals surface area contributed by atoms with Crippen LogP contribution in [0.5, 0.6) is 0 Å². The summed E-state index contributed by atoms with van der Waals surface area (Å²) in [4.78, 5) is 4.31. The molecule has 2 heterocycles. The van der Waals surface area contributed by atoms with Gasteiger partial charge in [0.05, 0.1) is 0 Å². The van der Waals surface area contributed by atoms with Crippen LogP contribution in [0.25, 0.3) is 0 Å². The van der Waals surface area contributed by atoms with Crippen LogP contribution in [0.4, 0.5) is 0 Å². The molecule has 0 saturated carbocycles. The average Bonchev–Trinajstić information content (AvgIpc) is 2.56. The summed E-state index contributed by atoms with van der Waals surface area (Å²) in [5, 5.41) is 7.92. The van der Waals surface area contributed by atoms with Crippen molar-refractivity contribution in [2.45, 2.75) is 24.0 Å². The minimum absolute atomic E-state index is 0.439. The van der Waals surface area contributed by atoms with Crippen LogP contribution in [0, 0.1) is 0 Å². The first kappa shape index (κ1) is 8.53. The topological polar surface area (TPSA) is 24.9 Å². The minimum Gasteiger partial charge on any atom is -0.300 e. The molecule has 0 aliphatic carbocycles. The molecule has 1 N–H and O–H groups in total. The molecule has 0 radical (unpaired) electrons. The van der Waals surface area contributed by atoms with Gasteiger partial charge >= 0.3 is 0 Å². The van der Waals surface area contributed by atoms with Crippen molar-refractivity contribution < 1.29 is 0 Å². The minimum atomic E-state index is 0.439. The highest BCUT2D eigenvalue weighted by molar-refractivity contribution is 8.00. The quantitative estimate of drug-likeness (QED) is 0.752. The second-order valence-corrected chi connectivity index (χ2v) is 5.41. The zero-order chi connectivity index (χ0) is 8.39. The number of nitrogens with zero attached hydrogens (tertiary/aromatic N) is 1. The summed E-state index contributed by atoms with van der Waals surface area (Å²) in [6.45, 7) is 3.41. The maximum atomic E-state index is 4.31. The summed E-state index contributed by atoms with van der Waals surface area (Å²) in [6, 6.07) is 0. The fourth-order valence-corrected chi connectivity index (χ4v) is 3.31. The lowest BCUT2D eigenvalue weighted by atomic mass is 10.3. The maximum Gasteiger partial charge on any atom is 0.120 e. The first-order valence-corrected chi connectivity index (χ1v) is 5.97. The van der Waals surface area contributed by atoms with Gasteiger partial charge in [0.1, 0.15) is 10.4 Å². The highest BCUT2D eigenvalue weighted by Crippen LogP contribution is 2.34. The molecule has 1 aliphatic rings. The van der Waals surface area contributed by atoms with Gasteiger partial charge in [0.2, 0.25) is 0 Å². The molecule has 2 atom stereocenters. The molecule has 2 rings (SSSR count). The van der Waals surface area contributed by atoms with Crippen molar-refractivity contribution in [3.63, 3.8) is 0 Å². The van der Waals surface area contributed by atoms with Crippen molar-refractivity contribution in [3.8, 4) is 0 Å². The summed E-state index contributed by atoms with van der Waals surface area (Å²) in [5.74, 6) is 0. The number of hydrogen-bond donors (Lipinski definition) is 1. The molecule has 12 heavy (non-hydrogen) atoms. The second kappa shape index (κ2) is 3.77. The van der Waals surface area contributed by atoms with Gasteiger partial charge in [-0.05, 0) is 13.0 Å². The van der Waals surface area contributed by atoms with Gasteiger partial charge in [-0.2, -0.15) is 0 Å². The lowest BCUT2D eigenvalue weighted by molar-refractivity contribution is 0.603. The number of rotatable bonds is 1. The Morgan fingerprint density at radius 1 is 1.67 bits per heavy atom. The molecule has 66 valence electrons. The monoisotopic (exact) mass is 200 g/mol. The van der Waals surface area contributed by atoms with Gasteiger partial charge in [-0.25, -0.2) is 4.98 Å². The van der Waals surface area contributed by atoms with Crippen LogP contribution in [0.15, 0.2) is 11.6 Å². The van der Waals surface area contributed by atoms with Crippen molar-refractivity contribution >= 4 is 23.1 Å². The molecule has 0 amide bonds. The van der Waals surface area contributed by atoms with Gasteiger partial charge in [-0.15, -0.1) is 23.1 Å². The predicted molar refractivity (Wildman–Crippen MR) is 54.5 cm³/mol. The van der Waals surface area contributed by atoms with E-state index in [1.807, 2.05) is 23.3 Å². The fraction of sp³-hybridized carbons (Fsp3) is 0.625. The van der Waals surface area contributed by atoms with Crippen molar-refractivity contribution in [1.29, 1.82) is 0 Å². The Kier molecular flexibility index (Phi) is 2.68. The molecule has 4 heteroatoms. The SMILES string of the molecule is CC1CCNC(c2nccs2)S1. The lowest BCUT2D eigenvalue weighted by Gasteiger charge is -2.25. The second-order valence-electron chi connectivity index (χ2n) is 2.94. The Hall–Kier alpha value is -0.0600. The molecule has 0 bridgehead atoms. The molecular formula is C8H12N2S2. The van der Waals surface area contributed by atoms with E-state index in [4.69, 9.17) is 0 Å². The summed E-state index contributed by atoms with van der Waals surface area (Å²) < 4.78 is 0. The average molecular weight is 200 g/mol. The predicted octanol–water partition coefficient (Wildman–Crippen LogP) is 2.26. The first-order chi connectivity index (χ1) is 5.86. The third-order valence-corrected chi connectivity index (χ3v) is 4.28. The molecule has 1 saturated heterocycles. The normalized spacial score (nSPS) is 30.4. The van der Waals surface area contributed by atoms with Crippen LogP contribution in [0.3, 0.4) is 0 Å². The summed E-state index contributed by atoms with van der Waals surface area (Å²) >= 11 is 3.72. The van der Waals surface area contributed by atoms with Crippen molar-refractivity contribution in [2.75, 3.05) is 6.54 Å². The van der Waals surface area contributed by atoms with E-state index < -0.39 is 0 Å². The van der Waals surface area contributed by atoms with Crippen molar-refractivity contribution in [1.82, 2.24) is 10.3 Å². The molecule has 0 spiro atoms. The molecule has 2 nitrogen and oxygen atoms in total. The Balaban J connectivity index is 2.04. The van der Waals surface area contributed by atoms with E-state index in [0.29, 0.717) is 5.37 Å². The smallest absolute Gasteiger partial charge is 0.120 e. The van der Waals surface area contributed by atoms with Gasteiger partial charge in [0, 0.05) is 16.8 Å². The van der Waals surface area contributed by atoms with E-state index in [1.54, 1.807) is 11.3 Å². The summed E-state index contributed by atoms with van der Waals surface area (Å²) in [5.41, 5.74) is 0. The molecule has 1 aromatic rings.